The summed E-state index contributed by atoms with van der Waals surface area (Å²) >= 11 is 1.81. The van der Waals surface area contributed by atoms with Gasteiger partial charge in [-0.25, -0.2) is 0 Å². The van der Waals surface area contributed by atoms with Gasteiger partial charge in [-0.1, -0.05) is 0 Å². The predicted molar refractivity (Wildman–Crippen MR) is 59.8 cm³/mol. The van der Waals surface area contributed by atoms with E-state index in [2.05, 4.69) is 31.5 Å². The first-order valence-corrected chi connectivity index (χ1v) is 6.61. The monoisotopic (exact) mass is 266 g/mol. The van der Waals surface area contributed by atoms with Crippen LogP contribution in [0.3, 0.4) is 0 Å². The van der Waals surface area contributed by atoms with E-state index >= 15 is 0 Å². The van der Waals surface area contributed by atoms with Crippen LogP contribution in [-0.4, -0.2) is 22.9 Å². The first-order chi connectivity index (χ1) is 6.95. The van der Waals surface area contributed by atoms with Gasteiger partial charge in [0.25, 0.3) is 0 Å². The predicted octanol–water partition coefficient (Wildman–Crippen LogP) is 2.42. The minimum absolute atomic E-state index is 0.0652. The molecule has 0 saturated heterocycles. The summed E-state index contributed by atoms with van der Waals surface area (Å²) in [5.74, 6) is 0. The van der Waals surface area contributed by atoms with Crippen molar-refractivity contribution < 1.29 is 0 Å². The fourth-order valence-electron chi connectivity index (χ4n) is 1.44. The summed E-state index contributed by atoms with van der Waals surface area (Å²) in [5, 5.41) is 2.09. The number of thiophene rings is 1. The van der Waals surface area contributed by atoms with E-state index in [1.165, 1.54) is 10.4 Å². The summed E-state index contributed by atoms with van der Waals surface area (Å²) in [6.07, 6.45) is 0. The average Bonchev–Trinajstić information content (AvgIpc) is 2.88. The Bertz CT molecular complexity index is 556. The number of aromatic nitrogens is 2. The van der Waals surface area contributed by atoms with Gasteiger partial charge in [-0.05, 0) is 0 Å². The topological polar surface area (TPSA) is 25.8 Å². The standard InChI is InChI=1S/C10H6N2SSe/c1-3-7(9-5-2-6-13-9)10-8(4-1)11-14-12-10/h1-6H. The molecule has 0 unspecified atom stereocenters. The van der Waals surface area contributed by atoms with Gasteiger partial charge in [0, 0.05) is 0 Å². The second kappa shape index (κ2) is 3.31. The molecule has 2 nitrogen and oxygen atoms in total. The summed E-state index contributed by atoms with van der Waals surface area (Å²) < 4.78 is 8.83. The molecule has 14 heavy (non-hydrogen) atoms. The molecule has 2 heterocycles. The van der Waals surface area contributed by atoms with Crippen molar-refractivity contribution in [3.8, 4) is 10.4 Å². The van der Waals surface area contributed by atoms with Crippen LogP contribution in [0.15, 0.2) is 35.7 Å². The summed E-state index contributed by atoms with van der Waals surface area (Å²) in [5.41, 5.74) is 3.35. The number of nitrogens with zero attached hydrogens (tertiary/aromatic N) is 2. The molecule has 68 valence electrons. The van der Waals surface area contributed by atoms with Gasteiger partial charge in [-0.2, -0.15) is 0 Å². The van der Waals surface area contributed by atoms with Crippen LogP contribution in [0.4, 0.5) is 0 Å². The maximum absolute atomic E-state index is 4.46. The zero-order valence-corrected chi connectivity index (χ0v) is 9.70. The quantitative estimate of drug-likeness (QED) is 0.631. The van der Waals surface area contributed by atoms with Crippen LogP contribution in [0.5, 0.6) is 0 Å². The molecule has 0 aliphatic heterocycles. The molecular formula is C10H6N2SSe. The molecule has 0 fully saturated rings. The fourth-order valence-corrected chi connectivity index (χ4v) is 3.34. The van der Waals surface area contributed by atoms with Gasteiger partial charge in [-0.3, -0.25) is 0 Å². The van der Waals surface area contributed by atoms with Crippen molar-refractivity contribution in [3.63, 3.8) is 0 Å². The molecule has 3 rings (SSSR count). The molecule has 0 aliphatic rings. The molecule has 3 aromatic rings. The van der Waals surface area contributed by atoms with Crippen molar-refractivity contribution in [1.82, 2.24) is 7.96 Å². The maximum atomic E-state index is 4.46. The summed E-state index contributed by atoms with van der Waals surface area (Å²) in [4.78, 5) is 1.28. The van der Waals surface area contributed by atoms with E-state index in [1.807, 2.05) is 12.1 Å². The number of fused-ring (bicyclic) bond motifs is 1. The Morgan fingerprint density at radius 2 is 2.07 bits per heavy atom. The number of benzene rings is 1. The van der Waals surface area contributed by atoms with Crippen LogP contribution in [-0.2, 0) is 0 Å². The molecule has 0 aliphatic carbocycles. The van der Waals surface area contributed by atoms with Gasteiger partial charge in [-0.15, -0.1) is 0 Å². The molecule has 0 bridgehead atoms. The van der Waals surface area contributed by atoms with Gasteiger partial charge in [0.05, 0.1) is 0 Å². The van der Waals surface area contributed by atoms with Crippen LogP contribution in [0, 0.1) is 0 Å². The second-order valence-corrected chi connectivity index (χ2v) is 4.97. The van der Waals surface area contributed by atoms with Crippen LogP contribution < -0.4 is 0 Å². The SMILES string of the molecule is c1csc(-c2cccc3n[se]nc23)c1. The Morgan fingerprint density at radius 1 is 1.07 bits per heavy atom. The van der Waals surface area contributed by atoms with Crippen LogP contribution in [0.25, 0.3) is 21.5 Å². The van der Waals surface area contributed by atoms with Gasteiger partial charge < -0.3 is 0 Å². The minimum atomic E-state index is 0.0652. The van der Waals surface area contributed by atoms with Crippen molar-refractivity contribution in [3.05, 3.63) is 35.7 Å². The van der Waals surface area contributed by atoms with Crippen LogP contribution in [0.2, 0.25) is 0 Å². The van der Waals surface area contributed by atoms with Gasteiger partial charge in [0.1, 0.15) is 0 Å². The molecule has 1 aromatic carbocycles. The van der Waals surface area contributed by atoms with E-state index in [-0.39, 0.29) is 15.0 Å². The summed E-state index contributed by atoms with van der Waals surface area (Å²) in [7, 11) is 0. The zero-order chi connectivity index (χ0) is 9.38. The van der Waals surface area contributed by atoms with E-state index in [0.717, 1.165) is 11.0 Å². The van der Waals surface area contributed by atoms with E-state index < -0.39 is 0 Å². The molecular weight excluding hydrogens is 259 g/mol. The normalized spacial score (nSPS) is 10.9. The number of rotatable bonds is 1. The van der Waals surface area contributed by atoms with E-state index in [4.69, 9.17) is 0 Å². The van der Waals surface area contributed by atoms with Crippen molar-refractivity contribution in [2.75, 3.05) is 0 Å². The molecule has 2 aromatic heterocycles. The molecule has 4 heteroatoms. The summed E-state index contributed by atoms with van der Waals surface area (Å²) in [6, 6.07) is 10.4. The Morgan fingerprint density at radius 3 is 2.93 bits per heavy atom. The number of hydrogen-bond acceptors (Lipinski definition) is 3. The fraction of sp³-hybridized carbons (Fsp3) is 0. The van der Waals surface area contributed by atoms with Gasteiger partial charge in [0.2, 0.25) is 0 Å². The molecule has 0 spiro atoms. The third-order valence-electron chi connectivity index (χ3n) is 2.07. The van der Waals surface area contributed by atoms with Gasteiger partial charge in [0.15, 0.2) is 0 Å². The van der Waals surface area contributed by atoms with E-state index in [1.54, 1.807) is 11.3 Å². The third-order valence-corrected chi connectivity index (χ3v) is 4.11. The zero-order valence-electron chi connectivity index (χ0n) is 7.18. The molecule has 0 saturated carbocycles. The van der Waals surface area contributed by atoms with Crippen LogP contribution >= 0.6 is 11.3 Å². The Balaban J connectivity index is 2.36. The average molecular weight is 265 g/mol. The number of hydrogen-bond donors (Lipinski definition) is 0. The molecule has 0 radical (unpaired) electrons. The van der Waals surface area contributed by atoms with Crippen molar-refractivity contribution >= 4 is 37.3 Å². The molecule has 0 amide bonds. The first kappa shape index (κ1) is 8.36. The Kier molecular flexibility index (Phi) is 1.98. The Labute approximate surface area is 91.4 Å². The summed E-state index contributed by atoms with van der Waals surface area (Å²) in [6.45, 7) is 0. The van der Waals surface area contributed by atoms with Crippen molar-refractivity contribution in [1.29, 1.82) is 0 Å². The third kappa shape index (κ3) is 1.23. The second-order valence-electron chi connectivity index (χ2n) is 2.91. The van der Waals surface area contributed by atoms with Crippen molar-refractivity contribution in [2.24, 2.45) is 0 Å². The Hall–Kier alpha value is -0.961. The van der Waals surface area contributed by atoms with E-state index in [0.29, 0.717) is 0 Å². The first-order valence-electron chi connectivity index (χ1n) is 4.20. The molecule has 0 atom stereocenters. The molecule has 0 N–H and O–H groups in total. The van der Waals surface area contributed by atoms with Crippen molar-refractivity contribution in [2.45, 2.75) is 0 Å². The van der Waals surface area contributed by atoms with Gasteiger partial charge >= 0.3 is 91.4 Å². The van der Waals surface area contributed by atoms with E-state index in [9.17, 15) is 0 Å². The van der Waals surface area contributed by atoms with Crippen LogP contribution in [0.1, 0.15) is 0 Å².